The van der Waals surface area contributed by atoms with Gasteiger partial charge in [-0.15, -0.1) is 0 Å². The number of likely N-dealkylation sites (tertiary alicyclic amines) is 1. The maximum absolute atomic E-state index is 12.7. The van der Waals surface area contributed by atoms with Crippen molar-refractivity contribution in [2.24, 2.45) is 5.92 Å². The van der Waals surface area contributed by atoms with Gasteiger partial charge < -0.3 is 4.90 Å². The Labute approximate surface area is 168 Å². The van der Waals surface area contributed by atoms with Crippen LogP contribution in [0.1, 0.15) is 28.8 Å². The Morgan fingerprint density at radius 3 is 2.48 bits per heavy atom. The van der Waals surface area contributed by atoms with Gasteiger partial charge in [-0.25, -0.2) is 4.68 Å². The first-order chi connectivity index (χ1) is 13.6. The summed E-state index contributed by atoms with van der Waals surface area (Å²) < 4.78 is 39.0. The molecule has 6 nitrogen and oxygen atoms in total. The predicted octanol–water partition coefficient (Wildman–Crippen LogP) is 3.04. The van der Waals surface area contributed by atoms with Gasteiger partial charge in [-0.3, -0.25) is 14.4 Å². The van der Waals surface area contributed by atoms with Gasteiger partial charge in [-0.05, 0) is 31.0 Å². The van der Waals surface area contributed by atoms with Gasteiger partial charge in [0.05, 0.1) is 5.56 Å². The van der Waals surface area contributed by atoms with Crippen molar-refractivity contribution in [2.45, 2.75) is 25.6 Å². The molecule has 0 bridgehead atoms. The molecule has 2 aromatic rings. The summed E-state index contributed by atoms with van der Waals surface area (Å²) in [5.41, 5.74) is -1.13. The Hall–Kier alpha value is -2.68. The number of piperidine rings is 1. The fourth-order valence-corrected chi connectivity index (χ4v) is 3.40. The van der Waals surface area contributed by atoms with E-state index in [9.17, 15) is 27.6 Å². The van der Waals surface area contributed by atoms with Crippen molar-refractivity contribution in [3.63, 3.8) is 0 Å². The van der Waals surface area contributed by atoms with Gasteiger partial charge in [0.1, 0.15) is 11.7 Å². The van der Waals surface area contributed by atoms with E-state index < -0.39 is 23.2 Å². The number of carbonyl (C=O) groups is 2. The molecule has 2 heterocycles. The first-order valence-electron chi connectivity index (χ1n) is 8.88. The number of aromatic nitrogens is 2. The first kappa shape index (κ1) is 21.0. The maximum Gasteiger partial charge on any atom is 0.416 e. The molecule has 1 aliphatic rings. The van der Waals surface area contributed by atoms with Crippen LogP contribution in [0.25, 0.3) is 0 Å². The molecule has 0 radical (unpaired) electrons. The SMILES string of the molecule is O=C(c1ccc(C(F)(F)F)cc1)[C@@H]1CCCN(C(=O)Cn2nc(Cl)ccc2=O)C1. The number of hydrogen-bond donors (Lipinski definition) is 0. The lowest BCUT2D eigenvalue weighted by Gasteiger charge is -2.32. The van der Waals surface area contributed by atoms with Crippen LogP contribution in [0, 0.1) is 5.92 Å². The van der Waals surface area contributed by atoms with Crippen molar-refractivity contribution < 1.29 is 22.8 Å². The number of benzene rings is 1. The Kier molecular flexibility index (Phi) is 6.07. The quantitative estimate of drug-likeness (QED) is 0.703. The molecule has 1 aromatic heterocycles. The Morgan fingerprint density at radius 1 is 1.14 bits per heavy atom. The summed E-state index contributed by atoms with van der Waals surface area (Å²) in [4.78, 5) is 38.5. The molecule has 1 saturated heterocycles. The summed E-state index contributed by atoms with van der Waals surface area (Å²) in [5, 5.41) is 3.88. The molecule has 1 atom stereocenters. The normalized spacial score (nSPS) is 17.2. The summed E-state index contributed by atoms with van der Waals surface area (Å²) in [6, 6.07) is 6.58. The van der Waals surface area contributed by atoms with Crippen molar-refractivity contribution in [3.05, 3.63) is 63.0 Å². The topological polar surface area (TPSA) is 72.3 Å². The van der Waals surface area contributed by atoms with Gasteiger partial charge in [-0.2, -0.15) is 18.3 Å². The molecule has 1 amide bonds. The number of halogens is 4. The molecule has 0 aliphatic carbocycles. The molecule has 1 aromatic carbocycles. The molecule has 3 rings (SSSR count). The molecule has 0 spiro atoms. The molecule has 1 aliphatic heterocycles. The molecule has 10 heteroatoms. The predicted molar refractivity (Wildman–Crippen MR) is 98.6 cm³/mol. The highest BCUT2D eigenvalue weighted by molar-refractivity contribution is 6.29. The van der Waals surface area contributed by atoms with E-state index in [0.717, 1.165) is 28.9 Å². The maximum atomic E-state index is 12.7. The second-order valence-electron chi connectivity index (χ2n) is 6.77. The molecular formula is C19H17ClF3N3O3. The highest BCUT2D eigenvalue weighted by Crippen LogP contribution is 2.30. The molecule has 0 unspecified atom stereocenters. The summed E-state index contributed by atoms with van der Waals surface area (Å²) in [6.45, 7) is 0.250. The monoisotopic (exact) mass is 427 g/mol. The second kappa shape index (κ2) is 8.36. The number of amides is 1. The van der Waals surface area contributed by atoms with Gasteiger partial charge in [0, 0.05) is 30.6 Å². The third kappa shape index (κ3) is 5.03. The molecule has 0 N–H and O–H groups in total. The second-order valence-corrected chi connectivity index (χ2v) is 7.16. The minimum absolute atomic E-state index is 0.0754. The van der Waals surface area contributed by atoms with Gasteiger partial charge in [-0.1, -0.05) is 23.7 Å². The Bertz CT molecular complexity index is 973. The van der Waals surface area contributed by atoms with E-state index in [1.165, 1.54) is 17.0 Å². The van der Waals surface area contributed by atoms with Crippen LogP contribution in [-0.4, -0.2) is 39.5 Å². The largest absolute Gasteiger partial charge is 0.416 e. The van der Waals surface area contributed by atoms with E-state index in [0.29, 0.717) is 19.4 Å². The van der Waals surface area contributed by atoms with Crippen LogP contribution < -0.4 is 5.56 Å². The van der Waals surface area contributed by atoms with Crippen LogP contribution in [0.5, 0.6) is 0 Å². The average molecular weight is 428 g/mol. The van der Waals surface area contributed by atoms with Crippen LogP contribution in [0.4, 0.5) is 13.2 Å². The van der Waals surface area contributed by atoms with Gasteiger partial charge in [0.25, 0.3) is 5.56 Å². The van der Waals surface area contributed by atoms with E-state index in [4.69, 9.17) is 11.6 Å². The van der Waals surface area contributed by atoms with Crippen LogP contribution in [-0.2, 0) is 17.5 Å². The summed E-state index contributed by atoms with van der Waals surface area (Å²) in [6.07, 6.45) is -3.37. The van der Waals surface area contributed by atoms with Crippen LogP contribution >= 0.6 is 11.6 Å². The lowest BCUT2D eigenvalue weighted by atomic mass is 9.89. The molecular weight excluding hydrogens is 411 g/mol. The smallest absolute Gasteiger partial charge is 0.340 e. The van der Waals surface area contributed by atoms with Crippen molar-refractivity contribution in [1.29, 1.82) is 0 Å². The van der Waals surface area contributed by atoms with Crippen molar-refractivity contribution in [1.82, 2.24) is 14.7 Å². The van der Waals surface area contributed by atoms with E-state index >= 15 is 0 Å². The van der Waals surface area contributed by atoms with E-state index in [2.05, 4.69) is 5.10 Å². The number of alkyl halides is 3. The first-order valence-corrected chi connectivity index (χ1v) is 9.26. The number of rotatable bonds is 4. The number of carbonyl (C=O) groups excluding carboxylic acids is 2. The van der Waals surface area contributed by atoms with Crippen molar-refractivity contribution in [3.8, 4) is 0 Å². The third-order valence-electron chi connectivity index (χ3n) is 4.76. The zero-order chi connectivity index (χ0) is 21.2. The fourth-order valence-electron chi connectivity index (χ4n) is 3.24. The highest BCUT2D eigenvalue weighted by atomic mass is 35.5. The number of Topliss-reactive ketones (excluding diaryl/α,β-unsaturated/α-hetero) is 1. The van der Waals surface area contributed by atoms with Crippen molar-refractivity contribution in [2.75, 3.05) is 13.1 Å². The number of hydrogen-bond acceptors (Lipinski definition) is 4. The van der Waals surface area contributed by atoms with Gasteiger partial charge in [0.2, 0.25) is 5.91 Å². The van der Waals surface area contributed by atoms with E-state index in [-0.39, 0.29) is 35.5 Å². The molecule has 29 heavy (non-hydrogen) atoms. The number of nitrogens with zero attached hydrogens (tertiary/aromatic N) is 3. The van der Waals surface area contributed by atoms with Gasteiger partial charge >= 0.3 is 6.18 Å². The van der Waals surface area contributed by atoms with Crippen LogP contribution in [0.2, 0.25) is 5.15 Å². The zero-order valence-electron chi connectivity index (χ0n) is 15.2. The Balaban J connectivity index is 1.68. The zero-order valence-corrected chi connectivity index (χ0v) is 15.9. The van der Waals surface area contributed by atoms with Gasteiger partial charge in [0.15, 0.2) is 5.78 Å². The molecule has 0 saturated carbocycles. The van der Waals surface area contributed by atoms with Crippen LogP contribution in [0.3, 0.4) is 0 Å². The minimum Gasteiger partial charge on any atom is -0.340 e. The van der Waals surface area contributed by atoms with Crippen LogP contribution in [0.15, 0.2) is 41.2 Å². The summed E-state index contributed by atoms with van der Waals surface area (Å²) in [7, 11) is 0. The average Bonchev–Trinajstić information content (AvgIpc) is 2.69. The van der Waals surface area contributed by atoms with E-state index in [1.807, 2.05) is 0 Å². The third-order valence-corrected chi connectivity index (χ3v) is 4.96. The van der Waals surface area contributed by atoms with E-state index in [1.54, 1.807) is 0 Å². The summed E-state index contributed by atoms with van der Waals surface area (Å²) in [5.74, 6) is -1.21. The summed E-state index contributed by atoms with van der Waals surface area (Å²) >= 11 is 5.75. The number of ketones is 1. The van der Waals surface area contributed by atoms with Crippen molar-refractivity contribution >= 4 is 23.3 Å². The minimum atomic E-state index is -4.47. The lowest BCUT2D eigenvalue weighted by Crippen LogP contribution is -2.44. The highest BCUT2D eigenvalue weighted by Gasteiger charge is 2.32. The fraction of sp³-hybridized carbons (Fsp3) is 0.368. The Morgan fingerprint density at radius 2 is 1.83 bits per heavy atom. The molecule has 154 valence electrons. The molecule has 1 fully saturated rings. The standard InChI is InChI=1S/C19H17ClF3N3O3/c20-15-7-8-16(27)26(24-15)11-17(28)25-9-1-2-13(10-25)18(29)12-3-5-14(6-4-12)19(21,22)23/h3-8,13H,1-2,9-11H2/t13-/m1/s1. The lowest BCUT2D eigenvalue weighted by molar-refractivity contribution is -0.137.